The standard InChI is InChI=1S/C16H20ClNO2/c1-18(2)9-10-19-11-12-20-16-8-7-15(17)13-5-3-4-6-14(13)16/h3-8H,9-12H2,1-2H3/p+1. The van der Waals surface area contributed by atoms with E-state index in [1.165, 1.54) is 4.90 Å². The van der Waals surface area contributed by atoms with Crippen LogP contribution >= 0.6 is 11.6 Å². The minimum absolute atomic E-state index is 0.550. The van der Waals surface area contributed by atoms with Gasteiger partial charge in [-0.15, -0.1) is 0 Å². The molecule has 0 aliphatic rings. The molecule has 0 fully saturated rings. The molecule has 2 aromatic rings. The predicted molar refractivity (Wildman–Crippen MR) is 82.9 cm³/mol. The molecular formula is C16H21ClNO2+. The van der Waals surface area contributed by atoms with Crippen LogP contribution in [0.2, 0.25) is 5.02 Å². The fourth-order valence-electron chi connectivity index (χ4n) is 1.95. The number of likely N-dealkylation sites (N-methyl/N-ethyl adjacent to an activating group) is 1. The summed E-state index contributed by atoms with van der Waals surface area (Å²) in [5.74, 6) is 0.854. The monoisotopic (exact) mass is 294 g/mol. The Balaban J connectivity index is 1.89. The number of hydrogen-bond donors (Lipinski definition) is 1. The second-order valence-electron chi connectivity index (χ2n) is 5.01. The Morgan fingerprint density at radius 2 is 1.70 bits per heavy atom. The third-order valence-corrected chi connectivity index (χ3v) is 3.39. The first kappa shape index (κ1) is 15.1. The van der Waals surface area contributed by atoms with Gasteiger partial charge in [0, 0.05) is 15.8 Å². The third kappa shape index (κ3) is 4.10. The maximum atomic E-state index is 6.18. The van der Waals surface area contributed by atoms with Gasteiger partial charge in [0.1, 0.15) is 18.9 Å². The quantitative estimate of drug-likeness (QED) is 0.790. The van der Waals surface area contributed by atoms with Gasteiger partial charge < -0.3 is 14.4 Å². The van der Waals surface area contributed by atoms with Gasteiger partial charge in [-0.05, 0) is 12.1 Å². The highest BCUT2D eigenvalue weighted by Gasteiger charge is 2.05. The van der Waals surface area contributed by atoms with Crippen LogP contribution in [0.4, 0.5) is 0 Å². The van der Waals surface area contributed by atoms with Crippen molar-refractivity contribution in [1.29, 1.82) is 0 Å². The molecule has 1 N–H and O–H groups in total. The fraction of sp³-hybridized carbons (Fsp3) is 0.375. The van der Waals surface area contributed by atoms with Gasteiger partial charge in [0.25, 0.3) is 0 Å². The molecule has 0 unspecified atom stereocenters. The molecule has 0 aliphatic heterocycles. The number of fused-ring (bicyclic) bond motifs is 1. The summed E-state index contributed by atoms with van der Waals surface area (Å²) in [6, 6.07) is 11.8. The van der Waals surface area contributed by atoms with Gasteiger partial charge >= 0.3 is 0 Å². The summed E-state index contributed by atoms with van der Waals surface area (Å²) in [5.41, 5.74) is 0. The summed E-state index contributed by atoms with van der Waals surface area (Å²) in [7, 11) is 4.22. The number of benzene rings is 2. The molecule has 2 aromatic carbocycles. The van der Waals surface area contributed by atoms with Crippen LogP contribution in [0.5, 0.6) is 5.75 Å². The molecule has 2 rings (SSSR count). The average molecular weight is 295 g/mol. The number of quaternary nitrogens is 1. The summed E-state index contributed by atoms with van der Waals surface area (Å²) < 4.78 is 11.3. The molecule has 0 radical (unpaired) electrons. The van der Waals surface area contributed by atoms with E-state index in [1.54, 1.807) is 0 Å². The third-order valence-electron chi connectivity index (χ3n) is 3.06. The van der Waals surface area contributed by atoms with Gasteiger partial charge in [-0.25, -0.2) is 0 Å². The first-order chi connectivity index (χ1) is 9.68. The van der Waals surface area contributed by atoms with E-state index < -0.39 is 0 Å². The number of ether oxygens (including phenoxy) is 2. The van der Waals surface area contributed by atoms with Gasteiger partial charge in [0.2, 0.25) is 0 Å². The van der Waals surface area contributed by atoms with E-state index in [0.29, 0.717) is 13.2 Å². The summed E-state index contributed by atoms with van der Waals surface area (Å²) in [4.78, 5) is 1.38. The summed E-state index contributed by atoms with van der Waals surface area (Å²) in [6.07, 6.45) is 0. The number of nitrogens with one attached hydrogen (secondary N) is 1. The van der Waals surface area contributed by atoms with Crippen LogP contribution in [-0.2, 0) is 4.74 Å². The van der Waals surface area contributed by atoms with Crippen molar-refractivity contribution in [2.45, 2.75) is 0 Å². The van der Waals surface area contributed by atoms with Crippen LogP contribution in [0.15, 0.2) is 36.4 Å². The van der Waals surface area contributed by atoms with Crippen LogP contribution < -0.4 is 9.64 Å². The maximum absolute atomic E-state index is 6.18. The van der Waals surface area contributed by atoms with Crippen LogP contribution in [-0.4, -0.2) is 40.5 Å². The lowest BCUT2D eigenvalue weighted by atomic mass is 10.1. The van der Waals surface area contributed by atoms with Crippen molar-refractivity contribution in [2.75, 3.05) is 40.5 Å². The zero-order valence-corrected chi connectivity index (χ0v) is 12.7. The molecule has 0 aromatic heterocycles. The Morgan fingerprint density at radius 1 is 0.950 bits per heavy atom. The molecule has 108 valence electrons. The molecule has 0 heterocycles. The van der Waals surface area contributed by atoms with Crippen LogP contribution in [0.1, 0.15) is 0 Å². The van der Waals surface area contributed by atoms with Crippen molar-refractivity contribution >= 4 is 22.4 Å². The Hall–Kier alpha value is -1.29. The molecule has 0 spiro atoms. The van der Waals surface area contributed by atoms with E-state index in [2.05, 4.69) is 14.1 Å². The summed E-state index contributed by atoms with van der Waals surface area (Å²) >= 11 is 6.18. The van der Waals surface area contributed by atoms with Crippen molar-refractivity contribution in [1.82, 2.24) is 0 Å². The maximum Gasteiger partial charge on any atom is 0.127 e. The second kappa shape index (κ2) is 7.48. The average Bonchev–Trinajstić information content (AvgIpc) is 2.45. The lowest BCUT2D eigenvalue weighted by molar-refractivity contribution is -0.858. The molecule has 0 saturated carbocycles. The summed E-state index contributed by atoms with van der Waals surface area (Å²) in [6.45, 7) is 2.91. The smallest absolute Gasteiger partial charge is 0.127 e. The minimum atomic E-state index is 0.550. The van der Waals surface area contributed by atoms with Gasteiger partial charge in [-0.1, -0.05) is 35.9 Å². The first-order valence-electron chi connectivity index (χ1n) is 6.85. The highest BCUT2D eigenvalue weighted by Crippen LogP contribution is 2.31. The molecule has 0 bridgehead atoms. The molecule has 0 aliphatic carbocycles. The highest BCUT2D eigenvalue weighted by atomic mass is 35.5. The minimum Gasteiger partial charge on any atom is -0.491 e. The zero-order chi connectivity index (χ0) is 14.4. The Bertz CT molecular complexity index is 557. The molecule has 3 nitrogen and oxygen atoms in total. The number of rotatable bonds is 7. The van der Waals surface area contributed by atoms with Crippen molar-refractivity contribution in [3.8, 4) is 5.75 Å². The molecule has 0 atom stereocenters. The SMILES string of the molecule is C[NH+](C)CCOCCOc1ccc(Cl)c2ccccc12. The van der Waals surface area contributed by atoms with E-state index in [-0.39, 0.29) is 0 Å². The number of halogens is 1. The van der Waals surface area contributed by atoms with E-state index in [1.807, 2.05) is 36.4 Å². The molecule has 0 saturated heterocycles. The van der Waals surface area contributed by atoms with Gasteiger partial charge in [0.15, 0.2) is 0 Å². The van der Waals surface area contributed by atoms with Gasteiger partial charge in [-0.3, -0.25) is 0 Å². The highest BCUT2D eigenvalue weighted by molar-refractivity contribution is 6.35. The summed E-state index contributed by atoms with van der Waals surface area (Å²) in [5, 5.41) is 2.81. The lowest BCUT2D eigenvalue weighted by Gasteiger charge is -2.11. The van der Waals surface area contributed by atoms with E-state index in [9.17, 15) is 0 Å². The topological polar surface area (TPSA) is 22.9 Å². The molecular weight excluding hydrogens is 274 g/mol. The van der Waals surface area contributed by atoms with Crippen LogP contribution in [0.3, 0.4) is 0 Å². The fourth-order valence-corrected chi connectivity index (χ4v) is 2.18. The Labute approximate surface area is 125 Å². The molecule has 20 heavy (non-hydrogen) atoms. The van der Waals surface area contributed by atoms with Crippen molar-refractivity contribution < 1.29 is 14.4 Å². The zero-order valence-electron chi connectivity index (χ0n) is 12.0. The predicted octanol–water partition coefficient (Wildman–Crippen LogP) is 2.03. The van der Waals surface area contributed by atoms with Gasteiger partial charge in [-0.2, -0.15) is 0 Å². The Kier molecular flexibility index (Phi) is 5.65. The van der Waals surface area contributed by atoms with Gasteiger partial charge in [0.05, 0.1) is 27.3 Å². The first-order valence-corrected chi connectivity index (χ1v) is 7.23. The molecule has 0 amide bonds. The van der Waals surface area contributed by atoms with Crippen molar-refractivity contribution in [3.05, 3.63) is 41.4 Å². The van der Waals surface area contributed by atoms with E-state index >= 15 is 0 Å². The number of hydrogen-bond acceptors (Lipinski definition) is 2. The van der Waals surface area contributed by atoms with Crippen LogP contribution in [0.25, 0.3) is 10.8 Å². The Morgan fingerprint density at radius 3 is 2.45 bits per heavy atom. The molecule has 4 heteroatoms. The largest absolute Gasteiger partial charge is 0.491 e. The second-order valence-corrected chi connectivity index (χ2v) is 5.42. The van der Waals surface area contributed by atoms with Crippen LogP contribution in [0, 0.1) is 0 Å². The van der Waals surface area contributed by atoms with Crippen molar-refractivity contribution in [2.24, 2.45) is 0 Å². The van der Waals surface area contributed by atoms with E-state index in [4.69, 9.17) is 21.1 Å². The van der Waals surface area contributed by atoms with E-state index in [0.717, 1.165) is 34.7 Å². The normalized spacial score (nSPS) is 11.2. The van der Waals surface area contributed by atoms with Crippen molar-refractivity contribution in [3.63, 3.8) is 0 Å². The lowest BCUT2D eigenvalue weighted by Crippen LogP contribution is -3.06.